The van der Waals surface area contributed by atoms with Gasteiger partial charge in [0.1, 0.15) is 17.3 Å². The highest BCUT2D eigenvalue weighted by atomic mass is 16.2. The van der Waals surface area contributed by atoms with Crippen LogP contribution in [0.15, 0.2) is 36.4 Å². The van der Waals surface area contributed by atoms with Crippen LogP contribution >= 0.6 is 0 Å². The van der Waals surface area contributed by atoms with Crippen LogP contribution in [-0.4, -0.2) is 42.3 Å². The maximum absolute atomic E-state index is 12.7. The zero-order valence-corrected chi connectivity index (χ0v) is 13.2. The molecule has 0 spiro atoms. The van der Waals surface area contributed by atoms with Gasteiger partial charge in [-0.3, -0.25) is 9.89 Å². The number of fused-ring (bicyclic) bond motifs is 1. The Morgan fingerprint density at radius 3 is 2.79 bits per heavy atom. The van der Waals surface area contributed by atoms with E-state index in [1.165, 1.54) is 0 Å². The molecule has 0 radical (unpaired) electrons. The molecule has 122 valence electrons. The first-order chi connectivity index (χ1) is 11.6. The molecule has 8 heteroatoms. The van der Waals surface area contributed by atoms with Crippen molar-refractivity contribution in [3.05, 3.63) is 47.9 Å². The maximum atomic E-state index is 12.7. The molecule has 0 saturated carbocycles. The number of carbonyl (C=O) groups excluding carboxylic acids is 1. The number of aromatic nitrogens is 5. The zero-order valence-electron chi connectivity index (χ0n) is 13.2. The average Bonchev–Trinajstić information content (AvgIpc) is 3.22. The van der Waals surface area contributed by atoms with Gasteiger partial charge in [0, 0.05) is 18.2 Å². The van der Waals surface area contributed by atoms with Gasteiger partial charge in [-0.15, -0.1) is 0 Å². The molecular formula is C16H17N7O. The van der Waals surface area contributed by atoms with Crippen LogP contribution in [0.25, 0.3) is 11.4 Å². The van der Waals surface area contributed by atoms with Crippen molar-refractivity contribution in [2.24, 2.45) is 0 Å². The second kappa shape index (κ2) is 5.48. The highest BCUT2D eigenvalue weighted by Crippen LogP contribution is 2.27. The number of nitrogens with zero attached hydrogens (tertiary/aromatic N) is 5. The lowest BCUT2D eigenvalue weighted by Crippen LogP contribution is -2.41. The van der Waals surface area contributed by atoms with Gasteiger partial charge in [0.25, 0.3) is 5.91 Å². The maximum Gasteiger partial charge on any atom is 0.272 e. The summed E-state index contributed by atoms with van der Waals surface area (Å²) in [5, 5.41) is 11.1. The molecule has 0 saturated heterocycles. The number of carbonyl (C=O) groups is 1. The van der Waals surface area contributed by atoms with Gasteiger partial charge < -0.3 is 10.6 Å². The summed E-state index contributed by atoms with van der Waals surface area (Å²) in [7, 11) is 0. The fourth-order valence-electron chi connectivity index (χ4n) is 2.95. The minimum absolute atomic E-state index is 0.137. The van der Waals surface area contributed by atoms with Gasteiger partial charge in [-0.25, -0.2) is 9.67 Å². The first kappa shape index (κ1) is 14.4. The Kier molecular flexibility index (Phi) is 3.30. The van der Waals surface area contributed by atoms with E-state index in [1.807, 2.05) is 41.9 Å². The van der Waals surface area contributed by atoms with E-state index in [0.29, 0.717) is 30.4 Å². The zero-order chi connectivity index (χ0) is 16.7. The summed E-state index contributed by atoms with van der Waals surface area (Å²) < 4.78 is 1.87. The van der Waals surface area contributed by atoms with Gasteiger partial charge in [-0.05, 0) is 6.92 Å². The lowest BCUT2D eigenvalue weighted by molar-refractivity contribution is 0.0624. The quantitative estimate of drug-likeness (QED) is 0.743. The molecule has 3 aromatic rings. The number of rotatable bonds is 2. The van der Waals surface area contributed by atoms with E-state index >= 15 is 0 Å². The molecule has 0 bridgehead atoms. The molecule has 24 heavy (non-hydrogen) atoms. The van der Waals surface area contributed by atoms with Crippen molar-refractivity contribution >= 4 is 11.7 Å². The van der Waals surface area contributed by atoms with Crippen LogP contribution in [-0.2, 0) is 6.54 Å². The molecular weight excluding hydrogens is 306 g/mol. The summed E-state index contributed by atoms with van der Waals surface area (Å²) in [5.41, 5.74) is 6.93. The van der Waals surface area contributed by atoms with E-state index in [4.69, 9.17) is 5.73 Å². The molecule has 2 aromatic heterocycles. The number of hydrogen-bond donors (Lipinski definition) is 2. The highest BCUT2D eigenvalue weighted by Gasteiger charge is 2.32. The SMILES string of the molecule is C[C@H]1c2nc(-c3ccccc3)nn2CCN1C(=O)c1cc(N)n[nH]1. The Morgan fingerprint density at radius 2 is 2.08 bits per heavy atom. The van der Waals surface area contributed by atoms with Crippen LogP contribution in [0.3, 0.4) is 0 Å². The van der Waals surface area contributed by atoms with Crippen molar-refractivity contribution in [3.8, 4) is 11.4 Å². The second-order valence-electron chi connectivity index (χ2n) is 5.76. The Balaban J connectivity index is 1.64. The number of H-pyrrole nitrogens is 1. The Morgan fingerprint density at radius 1 is 1.29 bits per heavy atom. The smallest absolute Gasteiger partial charge is 0.272 e. The molecule has 1 amide bonds. The minimum atomic E-state index is -0.180. The molecule has 1 aliphatic heterocycles. The van der Waals surface area contributed by atoms with E-state index in [1.54, 1.807) is 11.0 Å². The Labute approximate surface area is 138 Å². The number of aromatic amines is 1. The number of nitrogen functional groups attached to an aromatic ring is 1. The van der Waals surface area contributed by atoms with E-state index in [-0.39, 0.29) is 11.9 Å². The topological polar surface area (TPSA) is 106 Å². The lowest BCUT2D eigenvalue weighted by Gasteiger charge is -2.32. The normalized spacial score (nSPS) is 16.9. The van der Waals surface area contributed by atoms with Crippen LogP contribution in [0.4, 0.5) is 5.82 Å². The minimum Gasteiger partial charge on any atom is -0.382 e. The number of amides is 1. The first-order valence-corrected chi connectivity index (χ1v) is 7.75. The van der Waals surface area contributed by atoms with Crippen molar-refractivity contribution in [1.82, 2.24) is 29.9 Å². The summed E-state index contributed by atoms with van der Waals surface area (Å²) in [4.78, 5) is 19.0. The largest absolute Gasteiger partial charge is 0.382 e. The van der Waals surface area contributed by atoms with E-state index in [2.05, 4.69) is 20.3 Å². The predicted molar refractivity (Wildman–Crippen MR) is 87.9 cm³/mol. The first-order valence-electron chi connectivity index (χ1n) is 7.75. The molecule has 0 unspecified atom stereocenters. The van der Waals surface area contributed by atoms with Crippen LogP contribution in [0.5, 0.6) is 0 Å². The van der Waals surface area contributed by atoms with Gasteiger partial charge >= 0.3 is 0 Å². The fraction of sp³-hybridized carbons (Fsp3) is 0.250. The predicted octanol–water partition coefficient (Wildman–Crippen LogP) is 1.47. The number of anilines is 1. The van der Waals surface area contributed by atoms with Crippen LogP contribution < -0.4 is 5.73 Å². The van der Waals surface area contributed by atoms with Crippen molar-refractivity contribution in [1.29, 1.82) is 0 Å². The summed E-state index contributed by atoms with van der Waals surface area (Å²) in [5.74, 6) is 1.62. The molecule has 3 heterocycles. The average molecular weight is 323 g/mol. The number of hydrogen-bond acceptors (Lipinski definition) is 5. The third kappa shape index (κ3) is 2.32. The second-order valence-corrected chi connectivity index (χ2v) is 5.76. The molecule has 1 aliphatic rings. The molecule has 3 N–H and O–H groups in total. The van der Waals surface area contributed by atoms with Crippen molar-refractivity contribution in [2.45, 2.75) is 19.5 Å². The van der Waals surface area contributed by atoms with Gasteiger partial charge in [0.15, 0.2) is 5.82 Å². The van der Waals surface area contributed by atoms with Gasteiger partial charge in [-0.2, -0.15) is 10.2 Å². The number of benzene rings is 1. The molecule has 1 aromatic carbocycles. The number of nitrogens with one attached hydrogen (secondary N) is 1. The third-order valence-electron chi connectivity index (χ3n) is 4.22. The van der Waals surface area contributed by atoms with Crippen LogP contribution in [0.2, 0.25) is 0 Å². The summed E-state index contributed by atoms with van der Waals surface area (Å²) in [6.45, 7) is 3.12. The third-order valence-corrected chi connectivity index (χ3v) is 4.22. The molecule has 1 atom stereocenters. The van der Waals surface area contributed by atoms with Crippen molar-refractivity contribution < 1.29 is 4.79 Å². The molecule has 8 nitrogen and oxygen atoms in total. The molecule has 0 aliphatic carbocycles. The van der Waals surface area contributed by atoms with Gasteiger partial charge in [-0.1, -0.05) is 30.3 Å². The lowest BCUT2D eigenvalue weighted by atomic mass is 10.2. The van der Waals surface area contributed by atoms with Gasteiger partial charge in [0.2, 0.25) is 0 Å². The number of nitrogens with two attached hydrogens (primary N) is 1. The van der Waals surface area contributed by atoms with Gasteiger partial charge in [0.05, 0.1) is 12.6 Å². The van der Waals surface area contributed by atoms with E-state index in [9.17, 15) is 4.79 Å². The monoisotopic (exact) mass is 323 g/mol. The van der Waals surface area contributed by atoms with E-state index < -0.39 is 0 Å². The standard InChI is InChI=1S/C16H17N7O/c1-10-15-18-14(11-5-3-2-4-6-11)21-23(15)8-7-22(10)16(24)12-9-13(17)20-19-12/h2-6,9-10H,7-8H2,1H3,(H3,17,19,20)/t10-/m0/s1. The van der Waals surface area contributed by atoms with Crippen molar-refractivity contribution in [2.75, 3.05) is 12.3 Å². The van der Waals surface area contributed by atoms with Crippen LogP contribution in [0, 0.1) is 0 Å². The van der Waals surface area contributed by atoms with Crippen LogP contribution in [0.1, 0.15) is 29.3 Å². The fourth-order valence-corrected chi connectivity index (χ4v) is 2.95. The summed E-state index contributed by atoms with van der Waals surface area (Å²) in [6, 6.07) is 11.2. The summed E-state index contributed by atoms with van der Waals surface area (Å²) in [6.07, 6.45) is 0. The molecule has 0 fully saturated rings. The Bertz CT molecular complexity index is 883. The molecule has 4 rings (SSSR count). The van der Waals surface area contributed by atoms with Crippen molar-refractivity contribution in [3.63, 3.8) is 0 Å². The summed E-state index contributed by atoms with van der Waals surface area (Å²) >= 11 is 0. The highest BCUT2D eigenvalue weighted by molar-refractivity contribution is 5.93. The van der Waals surface area contributed by atoms with E-state index in [0.717, 1.165) is 11.4 Å². The Hall–Kier alpha value is -3.16.